The highest BCUT2D eigenvalue weighted by Gasteiger charge is 2.34. The number of amides is 2. The quantitative estimate of drug-likeness (QED) is 0.650. The number of rotatable bonds is 6. The first-order valence-corrected chi connectivity index (χ1v) is 10.6. The lowest BCUT2D eigenvalue weighted by atomic mass is 10.1. The van der Waals surface area contributed by atoms with Gasteiger partial charge >= 0.3 is 0 Å². The van der Waals surface area contributed by atoms with E-state index in [0.717, 1.165) is 22.7 Å². The number of aromatic nitrogens is 2. The van der Waals surface area contributed by atoms with Gasteiger partial charge in [0.1, 0.15) is 10.8 Å². The van der Waals surface area contributed by atoms with Gasteiger partial charge in [0, 0.05) is 24.6 Å². The van der Waals surface area contributed by atoms with Crippen molar-refractivity contribution < 1.29 is 14.0 Å². The van der Waals surface area contributed by atoms with Crippen molar-refractivity contribution in [2.45, 2.75) is 32.1 Å². The third kappa shape index (κ3) is 4.38. The normalized spacial score (nSPS) is 16.1. The summed E-state index contributed by atoms with van der Waals surface area (Å²) in [6.07, 6.45) is 1.35. The van der Waals surface area contributed by atoms with Gasteiger partial charge in [-0.1, -0.05) is 48.6 Å². The number of carbonyl (C=O) groups excluding carboxylic acids is 2. The Morgan fingerprint density at radius 3 is 2.73 bits per heavy atom. The molecule has 6 nitrogen and oxygen atoms in total. The Morgan fingerprint density at radius 2 is 1.97 bits per heavy atom. The summed E-state index contributed by atoms with van der Waals surface area (Å²) < 4.78 is 13.0. The molecular weight excluding hydrogens is 403 g/mol. The van der Waals surface area contributed by atoms with Crippen LogP contribution < -0.4 is 10.2 Å². The van der Waals surface area contributed by atoms with E-state index < -0.39 is 0 Å². The summed E-state index contributed by atoms with van der Waals surface area (Å²) in [6, 6.07) is 13.7. The number of halogens is 1. The van der Waals surface area contributed by atoms with E-state index >= 15 is 0 Å². The second-order valence-corrected chi connectivity index (χ2v) is 8.19. The first-order chi connectivity index (χ1) is 14.5. The van der Waals surface area contributed by atoms with Gasteiger partial charge in [-0.25, -0.2) is 4.39 Å². The number of carbonyl (C=O) groups is 2. The number of nitrogens with one attached hydrogen (secondary N) is 1. The zero-order valence-electron chi connectivity index (χ0n) is 16.5. The maximum absolute atomic E-state index is 13.0. The molecule has 154 valence electrons. The molecule has 1 aromatic heterocycles. The van der Waals surface area contributed by atoms with E-state index in [1.807, 2.05) is 29.2 Å². The van der Waals surface area contributed by atoms with Crippen molar-refractivity contribution >= 4 is 34.0 Å². The van der Waals surface area contributed by atoms with Crippen LogP contribution in [0.2, 0.25) is 0 Å². The van der Waals surface area contributed by atoms with Gasteiger partial charge in [-0.2, -0.15) is 0 Å². The molecule has 2 aromatic carbocycles. The van der Waals surface area contributed by atoms with Crippen LogP contribution in [-0.2, 0) is 22.4 Å². The predicted molar refractivity (Wildman–Crippen MR) is 114 cm³/mol. The van der Waals surface area contributed by atoms with Crippen LogP contribution >= 0.6 is 11.3 Å². The van der Waals surface area contributed by atoms with Crippen LogP contribution in [0.4, 0.5) is 15.2 Å². The van der Waals surface area contributed by atoms with Crippen molar-refractivity contribution in [3.8, 4) is 0 Å². The van der Waals surface area contributed by atoms with E-state index in [4.69, 9.17) is 0 Å². The Bertz CT molecular complexity index is 1070. The summed E-state index contributed by atoms with van der Waals surface area (Å²) >= 11 is 1.29. The molecule has 1 aliphatic heterocycles. The van der Waals surface area contributed by atoms with E-state index in [9.17, 15) is 14.0 Å². The molecule has 1 aliphatic rings. The summed E-state index contributed by atoms with van der Waals surface area (Å²) in [7, 11) is 0. The number of benzene rings is 2. The standard InChI is InChI=1S/C22H21FN4O2S/c1-2-15-5-3-4-6-18(15)27-13-16(12-20(27)29)21-25-26-22(30-21)24-19(28)11-14-7-9-17(23)10-8-14/h3-10,16H,2,11-13H2,1H3,(H,24,26,28). The molecule has 1 atom stereocenters. The van der Waals surface area contributed by atoms with Crippen LogP contribution in [0.5, 0.6) is 0 Å². The van der Waals surface area contributed by atoms with Crippen LogP contribution in [0.15, 0.2) is 48.5 Å². The topological polar surface area (TPSA) is 75.2 Å². The summed E-state index contributed by atoms with van der Waals surface area (Å²) in [5.74, 6) is -0.569. The number of nitrogens with zero attached hydrogens (tertiary/aromatic N) is 3. The van der Waals surface area contributed by atoms with Gasteiger partial charge in [0.2, 0.25) is 16.9 Å². The Balaban J connectivity index is 1.41. The highest BCUT2D eigenvalue weighted by atomic mass is 32.1. The van der Waals surface area contributed by atoms with Crippen molar-refractivity contribution in [3.63, 3.8) is 0 Å². The van der Waals surface area contributed by atoms with E-state index in [2.05, 4.69) is 22.4 Å². The third-order valence-corrected chi connectivity index (χ3v) is 6.10. The maximum Gasteiger partial charge on any atom is 0.230 e. The highest BCUT2D eigenvalue weighted by molar-refractivity contribution is 7.15. The molecular formula is C22H21FN4O2S. The molecule has 3 aromatic rings. The van der Waals surface area contributed by atoms with Crippen LogP contribution in [-0.4, -0.2) is 28.6 Å². The van der Waals surface area contributed by atoms with Gasteiger partial charge in [0.25, 0.3) is 0 Å². The number of hydrogen-bond donors (Lipinski definition) is 1. The summed E-state index contributed by atoms with van der Waals surface area (Å²) in [5, 5.41) is 12.1. The minimum absolute atomic E-state index is 0.0531. The van der Waals surface area contributed by atoms with E-state index in [1.165, 1.54) is 23.5 Å². The lowest BCUT2D eigenvalue weighted by Crippen LogP contribution is -2.25. The van der Waals surface area contributed by atoms with Gasteiger partial charge in [-0.3, -0.25) is 9.59 Å². The van der Waals surface area contributed by atoms with E-state index in [1.54, 1.807) is 12.1 Å². The fourth-order valence-corrected chi connectivity index (χ4v) is 4.43. The van der Waals surface area contributed by atoms with Crippen molar-refractivity contribution in [1.29, 1.82) is 0 Å². The van der Waals surface area contributed by atoms with Crippen LogP contribution in [0.1, 0.15) is 35.4 Å². The van der Waals surface area contributed by atoms with Crippen molar-refractivity contribution in [2.24, 2.45) is 0 Å². The molecule has 0 spiro atoms. The molecule has 0 bridgehead atoms. The molecule has 1 saturated heterocycles. The van der Waals surface area contributed by atoms with E-state index in [-0.39, 0.29) is 30.0 Å². The fourth-order valence-electron chi connectivity index (χ4n) is 3.58. The SMILES string of the molecule is CCc1ccccc1N1CC(c2nnc(NC(=O)Cc3ccc(F)cc3)s2)CC1=O. The third-order valence-electron chi connectivity index (χ3n) is 5.10. The molecule has 2 heterocycles. The largest absolute Gasteiger partial charge is 0.311 e. The minimum Gasteiger partial charge on any atom is -0.311 e. The number of hydrogen-bond acceptors (Lipinski definition) is 5. The molecule has 1 unspecified atom stereocenters. The smallest absolute Gasteiger partial charge is 0.230 e. The molecule has 4 rings (SSSR count). The Kier molecular flexibility index (Phi) is 5.85. The second kappa shape index (κ2) is 8.71. The fraction of sp³-hybridized carbons (Fsp3) is 0.273. The first-order valence-electron chi connectivity index (χ1n) is 9.79. The van der Waals surface area contributed by atoms with Gasteiger partial charge in [0.15, 0.2) is 0 Å². The summed E-state index contributed by atoms with van der Waals surface area (Å²) in [5.41, 5.74) is 2.80. The Hall–Kier alpha value is -3.13. The van der Waals surface area contributed by atoms with Crippen molar-refractivity contribution in [2.75, 3.05) is 16.8 Å². The minimum atomic E-state index is -0.338. The number of anilines is 2. The maximum atomic E-state index is 13.0. The second-order valence-electron chi connectivity index (χ2n) is 7.18. The van der Waals surface area contributed by atoms with Crippen molar-refractivity contribution in [1.82, 2.24) is 10.2 Å². The average Bonchev–Trinajstić information content (AvgIpc) is 3.36. The molecule has 0 radical (unpaired) electrons. The summed E-state index contributed by atoms with van der Waals surface area (Å²) in [4.78, 5) is 26.7. The number of aryl methyl sites for hydroxylation is 1. The zero-order valence-corrected chi connectivity index (χ0v) is 17.3. The van der Waals surface area contributed by atoms with E-state index in [0.29, 0.717) is 23.7 Å². The molecule has 0 aliphatic carbocycles. The van der Waals surface area contributed by atoms with Gasteiger partial charge in [-0.05, 0) is 35.7 Å². The highest BCUT2D eigenvalue weighted by Crippen LogP contribution is 2.35. The molecule has 1 N–H and O–H groups in total. The molecule has 0 saturated carbocycles. The lowest BCUT2D eigenvalue weighted by Gasteiger charge is -2.19. The van der Waals surface area contributed by atoms with Gasteiger partial charge in [-0.15, -0.1) is 10.2 Å². The van der Waals surface area contributed by atoms with Gasteiger partial charge < -0.3 is 10.2 Å². The average molecular weight is 425 g/mol. The Labute approximate surface area is 177 Å². The predicted octanol–water partition coefficient (Wildman–Crippen LogP) is 3.94. The monoisotopic (exact) mass is 424 g/mol. The van der Waals surface area contributed by atoms with Gasteiger partial charge in [0.05, 0.1) is 6.42 Å². The Morgan fingerprint density at radius 1 is 1.20 bits per heavy atom. The summed E-state index contributed by atoms with van der Waals surface area (Å²) in [6.45, 7) is 2.62. The molecule has 1 fully saturated rings. The first kappa shape index (κ1) is 20.2. The molecule has 8 heteroatoms. The molecule has 30 heavy (non-hydrogen) atoms. The van der Waals surface area contributed by atoms with Crippen LogP contribution in [0.25, 0.3) is 0 Å². The lowest BCUT2D eigenvalue weighted by molar-refractivity contribution is -0.117. The molecule has 2 amide bonds. The number of para-hydroxylation sites is 1. The van der Waals surface area contributed by atoms with Crippen LogP contribution in [0, 0.1) is 5.82 Å². The zero-order chi connectivity index (χ0) is 21.1. The van der Waals surface area contributed by atoms with Crippen molar-refractivity contribution in [3.05, 3.63) is 70.5 Å². The van der Waals surface area contributed by atoms with Crippen LogP contribution in [0.3, 0.4) is 0 Å².